The second-order valence-corrected chi connectivity index (χ2v) is 9.59. The molecule has 0 unspecified atom stereocenters. The molecule has 2 aliphatic carbocycles. The first-order valence-electron chi connectivity index (χ1n) is 7.70. The van der Waals surface area contributed by atoms with Crippen LogP contribution in [0.1, 0.15) is 61.3 Å². The molecule has 0 bridgehead atoms. The molecule has 3 rings (SSSR count). The van der Waals surface area contributed by atoms with Crippen molar-refractivity contribution < 1.29 is 13.5 Å². The lowest BCUT2D eigenvalue weighted by Crippen LogP contribution is -2.39. The molecule has 1 aromatic heterocycles. The minimum atomic E-state index is -3.12. The summed E-state index contributed by atoms with van der Waals surface area (Å²) in [5, 5.41) is 9.54. The van der Waals surface area contributed by atoms with Gasteiger partial charge in [0.2, 0.25) is 10.0 Å². The smallest absolute Gasteiger partial charge is 0.214 e. The summed E-state index contributed by atoms with van der Waals surface area (Å²) in [6, 6.07) is 4.05. The van der Waals surface area contributed by atoms with Crippen molar-refractivity contribution in [2.24, 2.45) is 0 Å². The number of sulfonamides is 1. The van der Waals surface area contributed by atoms with E-state index in [2.05, 4.69) is 10.8 Å². The third-order valence-electron chi connectivity index (χ3n) is 4.70. The van der Waals surface area contributed by atoms with Crippen molar-refractivity contribution in [3.63, 3.8) is 0 Å². The number of hydrogen-bond donors (Lipinski definition) is 2. The Morgan fingerprint density at radius 2 is 2.05 bits per heavy atom. The highest BCUT2D eigenvalue weighted by molar-refractivity contribution is 7.90. The topological polar surface area (TPSA) is 66.4 Å². The average Bonchev–Trinajstić information content (AvgIpc) is 3.01. The summed E-state index contributed by atoms with van der Waals surface area (Å²) in [4.78, 5) is 2.18. The van der Waals surface area contributed by atoms with Crippen molar-refractivity contribution in [3.05, 3.63) is 21.9 Å². The lowest BCUT2D eigenvalue weighted by atomic mass is 9.85. The van der Waals surface area contributed by atoms with E-state index in [0.717, 1.165) is 43.4 Å². The second-order valence-electron chi connectivity index (χ2n) is 6.43. The Morgan fingerprint density at radius 3 is 2.57 bits per heavy atom. The first kappa shape index (κ1) is 15.5. The Balaban J connectivity index is 1.78. The molecule has 1 heterocycles. The molecule has 2 saturated carbocycles. The van der Waals surface area contributed by atoms with Gasteiger partial charge in [-0.1, -0.05) is 12.8 Å². The fourth-order valence-corrected chi connectivity index (χ4v) is 5.82. The predicted molar refractivity (Wildman–Crippen MR) is 85.0 cm³/mol. The van der Waals surface area contributed by atoms with Gasteiger partial charge in [0.25, 0.3) is 0 Å². The van der Waals surface area contributed by atoms with Crippen molar-refractivity contribution in [1.82, 2.24) is 4.72 Å². The van der Waals surface area contributed by atoms with Gasteiger partial charge < -0.3 is 5.11 Å². The van der Waals surface area contributed by atoms with E-state index >= 15 is 0 Å². The van der Waals surface area contributed by atoms with E-state index in [4.69, 9.17) is 0 Å². The Labute approximate surface area is 130 Å². The average molecular weight is 329 g/mol. The Morgan fingerprint density at radius 1 is 1.38 bits per heavy atom. The molecule has 1 aromatic rings. The SMILES string of the molecule is C[C@@H](O)c1ccc(C2(CNS(=O)(=O)C3CC3)CCCC2)s1. The van der Waals surface area contributed by atoms with Gasteiger partial charge in [-0.25, -0.2) is 13.1 Å². The molecule has 1 atom stereocenters. The Bertz CT molecular complexity index is 596. The molecule has 0 spiro atoms. The van der Waals surface area contributed by atoms with Gasteiger partial charge >= 0.3 is 0 Å². The maximum absolute atomic E-state index is 12.1. The van der Waals surface area contributed by atoms with Gasteiger partial charge in [-0.3, -0.25) is 0 Å². The van der Waals surface area contributed by atoms with Crippen molar-refractivity contribution >= 4 is 21.4 Å². The molecule has 2 fully saturated rings. The van der Waals surface area contributed by atoms with E-state index in [1.165, 1.54) is 4.88 Å². The third-order valence-corrected chi connectivity index (χ3v) is 8.09. The third kappa shape index (κ3) is 3.18. The lowest BCUT2D eigenvalue weighted by molar-refractivity contribution is 0.203. The van der Waals surface area contributed by atoms with Crippen LogP contribution < -0.4 is 4.72 Å². The summed E-state index contributed by atoms with van der Waals surface area (Å²) < 4.78 is 27.0. The summed E-state index contributed by atoms with van der Waals surface area (Å²) in [7, 11) is -3.12. The fourth-order valence-electron chi connectivity index (χ4n) is 3.16. The molecule has 6 heteroatoms. The van der Waals surface area contributed by atoms with E-state index in [-0.39, 0.29) is 10.7 Å². The minimum Gasteiger partial charge on any atom is -0.388 e. The molecule has 4 nitrogen and oxygen atoms in total. The standard InChI is InChI=1S/C15H23NO3S2/c1-11(17)13-6-7-14(20-13)15(8-2-3-9-15)10-16-21(18,19)12-4-5-12/h6-7,11-12,16-17H,2-5,8-10H2,1H3/t11-/m1/s1. The van der Waals surface area contributed by atoms with Crippen LogP contribution in [0.5, 0.6) is 0 Å². The summed E-state index contributed by atoms with van der Waals surface area (Å²) in [5.41, 5.74) is -0.0697. The molecule has 21 heavy (non-hydrogen) atoms. The number of thiophene rings is 1. The minimum absolute atomic E-state index is 0.0697. The van der Waals surface area contributed by atoms with Crippen LogP contribution in [0, 0.1) is 0 Å². The van der Waals surface area contributed by atoms with Crippen molar-refractivity contribution in [2.75, 3.05) is 6.54 Å². The molecule has 0 amide bonds. The normalized spacial score (nSPS) is 23.3. The van der Waals surface area contributed by atoms with Crippen LogP contribution in [0.15, 0.2) is 12.1 Å². The van der Waals surface area contributed by atoms with Crippen LogP contribution in [0.25, 0.3) is 0 Å². The van der Waals surface area contributed by atoms with Crippen molar-refractivity contribution in [1.29, 1.82) is 0 Å². The molecule has 0 radical (unpaired) electrons. The summed E-state index contributed by atoms with van der Waals surface area (Å²) in [6.45, 7) is 2.28. The van der Waals surface area contributed by atoms with E-state index in [9.17, 15) is 13.5 Å². The van der Waals surface area contributed by atoms with Crippen LogP contribution in [-0.4, -0.2) is 25.3 Å². The summed E-state index contributed by atoms with van der Waals surface area (Å²) in [6.07, 6.45) is 5.49. The van der Waals surface area contributed by atoms with E-state index in [0.29, 0.717) is 6.54 Å². The molecular formula is C15H23NO3S2. The van der Waals surface area contributed by atoms with Gasteiger partial charge in [0, 0.05) is 21.7 Å². The zero-order valence-corrected chi connectivity index (χ0v) is 14.0. The maximum atomic E-state index is 12.1. The van der Waals surface area contributed by atoms with Gasteiger partial charge in [-0.05, 0) is 44.7 Å². The molecule has 2 N–H and O–H groups in total. The van der Waals surface area contributed by atoms with Gasteiger partial charge in [0.05, 0.1) is 11.4 Å². The number of aliphatic hydroxyl groups excluding tert-OH is 1. The van der Waals surface area contributed by atoms with Gasteiger partial charge in [-0.15, -0.1) is 11.3 Å². The Kier molecular flexibility index (Phi) is 4.16. The molecular weight excluding hydrogens is 306 g/mol. The fraction of sp³-hybridized carbons (Fsp3) is 0.733. The monoisotopic (exact) mass is 329 g/mol. The van der Waals surface area contributed by atoms with Crippen LogP contribution in [0.2, 0.25) is 0 Å². The zero-order valence-electron chi connectivity index (χ0n) is 12.3. The number of nitrogens with one attached hydrogen (secondary N) is 1. The quantitative estimate of drug-likeness (QED) is 0.843. The second kappa shape index (κ2) is 5.65. The predicted octanol–water partition coefficient (Wildman–Crippen LogP) is 2.70. The largest absolute Gasteiger partial charge is 0.388 e. The molecule has 0 aromatic carbocycles. The number of aliphatic hydroxyl groups is 1. The van der Waals surface area contributed by atoms with Crippen LogP contribution >= 0.6 is 11.3 Å². The van der Waals surface area contributed by atoms with Crippen molar-refractivity contribution in [2.45, 2.75) is 62.2 Å². The molecule has 0 saturated heterocycles. The molecule has 118 valence electrons. The Hall–Kier alpha value is -0.430. The summed E-state index contributed by atoms with van der Waals surface area (Å²) >= 11 is 1.63. The van der Waals surface area contributed by atoms with Gasteiger partial charge in [0.15, 0.2) is 0 Å². The van der Waals surface area contributed by atoms with Gasteiger partial charge in [-0.2, -0.15) is 0 Å². The zero-order chi connectivity index (χ0) is 15.1. The van der Waals surface area contributed by atoms with E-state index < -0.39 is 16.1 Å². The lowest BCUT2D eigenvalue weighted by Gasteiger charge is -2.28. The summed E-state index contributed by atoms with van der Waals surface area (Å²) in [5.74, 6) is 0. The highest BCUT2D eigenvalue weighted by atomic mass is 32.2. The van der Waals surface area contributed by atoms with Crippen LogP contribution in [0.4, 0.5) is 0 Å². The van der Waals surface area contributed by atoms with E-state index in [1.54, 1.807) is 18.3 Å². The van der Waals surface area contributed by atoms with Crippen LogP contribution in [-0.2, 0) is 15.4 Å². The van der Waals surface area contributed by atoms with Crippen LogP contribution in [0.3, 0.4) is 0 Å². The number of rotatable bonds is 6. The van der Waals surface area contributed by atoms with E-state index in [1.807, 2.05) is 6.07 Å². The number of hydrogen-bond acceptors (Lipinski definition) is 4. The first-order valence-corrected chi connectivity index (χ1v) is 10.1. The highest BCUT2D eigenvalue weighted by Crippen LogP contribution is 2.44. The van der Waals surface area contributed by atoms with Gasteiger partial charge in [0.1, 0.15) is 0 Å². The molecule has 2 aliphatic rings. The maximum Gasteiger partial charge on any atom is 0.214 e. The van der Waals surface area contributed by atoms with Crippen molar-refractivity contribution in [3.8, 4) is 0 Å². The molecule has 0 aliphatic heterocycles. The first-order chi connectivity index (χ1) is 9.93. The highest BCUT2D eigenvalue weighted by Gasteiger charge is 2.41.